The van der Waals surface area contributed by atoms with Crippen molar-refractivity contribution in [3.05, 3.63) is 51.9 Å². The third-order valence-corrected chi connectivity index (χ3v) is 5.29. The normalized spacial score (nSPS) is 16.4. The molecule has 144 valence electrons. The van der Waals surface area contributed by atoms with E-state index in [2.05, 4.69) is 10.3 Å². The third kappa shape index (κ3) is 4.35. The van der Waals surface area contributed by atoms with Crippen LogP contribution in [-0.4, -0.2) is 21.2 Å². The van der Waals surface area contributed by atoms with Gasteiger partial charge in [0, 0.05) is 23.9 Å². The van der Waals surface area contributed by atoms with Gasteiger partial charge in [-0.15, -0.1) is 0 Å². The van der Waals surface area contributed by atoms with Gasteiger partial charge in [0.2, 0.25) is 5.91 Å². The summed E-state index contributed by atoms with van der Waals surface area (Å²) in [4.78, 5) is 29.1. The van der Waals surface area contributed by atoms with E-state index in [0.717, 1.165) is 12.1 Å². The molecule has 0 bridgehead atoms. The molecule has 5 nitrogen and oxygen atoms in total. The van der Waals surface area contributed by atoms with Crippen LogP contribution in [0.4, 0.5) is 18.9 Å². The number of alkyl halides is 3. The number of halogens is 3. The maximum Gasteiger partial charge on any atom is 0.416 e. The van der Waals surface area contributed by atoms with Gasteiger partial charge in [-0.2, -0.15) is 13.2 Å². The standard InChI is InChI=1S/C18H18F3N3O2S/c1-10(2)14-8-16(26)24-13(9-27-17(24)23-14)7-15(25)22-12-5-3-4-11(6-12)18(19,20)21/h3-6,8,10,13H,7,9H2,1-2H3,(H,22,25). The number of carbonyl (C=O) groups is 1. The molecular formula is C18H18F3N3O2S. The Morgan fingerprint density at radius 2 is 2.11 bits per heavy atom. The fourth-order valence-electron chi connectivity index (χ4n) is 2.82. The van der Waals surface area contributed by atoms with Crippen LogP contribution in [-0.2, 0) is 11.0 Å². The Hall–Kier alpha value is -2.29. The van der Waals surface area contributed by atoms with Crippen molar-refractivity contribution in [2.24, 2.45) is 0 Å². The van der Waals surface area contributed by atoms with E-state index in [1.807, 2.05) is 13.8 Å². The van der Waals surface area contributed by atoms with Crippen LogP contribution in [0.5, 0.6) is 0 Å². The van der Waals surface area contributed by atoms with Gasteiger partial charge in [0.15, 0.2) is 5.16 Å². The first-order valence-corrected chi connectivity index (χ1v) is 9.37. The summed E-state index contributed by atoms with van der Waals surface area (Å²) < 4.78 is 39.8. The fraction of sp³-hybridized carbons (Fsp3) is 0.389. The molecule has 1 amide bonds. The molecule has 0 saturated heterocycles. The van der Waals surface area contributed by atoms with Crippen LogP contribution in [0.25, 0.3) is 0 Å². The maximum absolute atomic E-state index is 12.8. The molecular weight excluding hydrogens is 379 g/mol. The van der Waals surface area contributed by atoms with E-state index in [4.69, 9.17) is 0 Å². The van der Waals surface area contributed by atoms with Crippen molar-refractivity contribution < 1.29 is 18.0 Å². The van der Waals surface area contributed by atoms with E-state index in [-0.39, 0.29) is 29.6 Å². The number of fused-ring (bicyclic) bond motifs is 1. The van der Waals surface area contributed by atoms with Crippen LogP contribution in [0.3, 0.4) is 0 Å². The second-order valence-electron chi connectivity index (χ2n) is 6.62. The lowest BCUT2D eigenvalue weighted by Crippen LogP contribution is -2.28. The zero-order valence-corrected chi connectivity index (χ0v) is 15.5. The molecule has 1 atom stereocenters. The molecule has 1 unspecified atom stereocenters. The number of amides is 1. The Bertz CT molecular complexity index is 925. The minimum Gasteiger partial charge on any atom is -0.326 e. The van der Waals surface area contributed by atoms with Gasteiger partial charge < -0.3 is 5.32 Å². The monoisotopic (exact) mass is 397 g/mol. The molecule has 0 spiro atoms. The van der Waals surface area contributed by atoms with Crippen molar-refractivity contribution in [2.45, 2.75) is 43.6 Å². The van der Waals surface area contributed by atoms with Gasteiger partial charge in [0.1, 0.15) is 0 Å². The van der Waals surface area contributed by atoms with Crippen molar-refractivity contribution >= 4 is 23.4 Å². The number of benzene rings is 1. The highest BCUT2D eigenvalue weighted by Crippen LogP contribution is 2.33. The van der Waals surface area contributed by atoms with Crippen LogP contribution >= 0.6 is 11.8 Å². The summed E-state index contributed by atoms with van der Waals surface area (Å²) in [7, 11) is 0. The largest absolute Gasteiger partial charge is 0.416 e. The molecule has 0 saturated carbocycles. The summed E-state index contributed by atoms with van der Waals surface area (Å²) >= 11 is 1.40. The van der Waals surface area contributed by atoms with E-state index >= 15 is 0 Å². The van der Waals surface area contributed by atoms with Crippen molar-refractivity contribution in [2.75, 3.05) is 11.1 Å². The number of rotatable bonds is 4. The van der Waals surface area contributed by atoms with E-state index < -0.39 is 17.6 Å². The van der Waals surface area contributed by atoms with Crippen LogP contribution in [0, 0.1) is 0 Å². The molecule has 1 aromatic carbocycles. The molecule has 0 fully saturated rings. The number of aromatic nitrogens is 2. The number of anilines is 1. The molecule has 1 aromatic heterocycles. The first-order chi connectivity index (χ1) is 12.6. The number of nitrogens with one attached hydrogen (secondary N) is 1. The third-order valence-electron chi connectivity index (χ3n) is 4.20. The first-order valence-electron chi connectivity index (χ1n) is 8.38. The minimum atomic E-state index is -4.48. The lowest BCUT2D eigenvalue weighted by molar-refractivity contribution is -0.137. The average molecular weight is 397 g/mol. The minimum absolute atomic E-state index is 0.0150. The van der Waals surface area contributed by atoms with Crippen molar-refractivity contribution in [1.29, 1.82) is 0 Å². The Kier molecular flexibility index (Phi) is 5.32. The zero-order chi connectivity index (χ0) is 19.8. The topological polar surface area (TPSA) is 64.0 Å². The Labute approximate surface area is 158 Å². The second kappa shape index (κ2) is 7.38. The zero-order valence-electron chi connectivity index (χ0n) is 14.7. The summed E-state index contributed by atoms with van der Waals surface area (Å²) in [5.74, 6) is 0.180. The lowest BCUT2D eigenvalue weighted by atomic mass is 10.1. The van der Waals surface area contributed by atoms with E-state index in [1.165, 1.54) is 34.5 Å². The van der Waals surface area contributed by atoms with E-state index in [1.54, 1.807) is 0 Å². The van der Waals surface area contributed by atoms with Gasteiger partial charge in [0.25, 0.3) is 5.56 Å². The number of nitrogens with zero attached hydrogens (tertiary/aromatic N) is 2. The number of thioether (sulfide) groups is 1. The maximum atomic E-state index is 12.8. The number of carbonyl (C=O) groups excluding carboxylic acids is 1. The van der Waals surface area contributed by atoms with Gasteiger partial charge in [-0.25, -0.2) is 4.98 Å². The highest BCUT2D eigenvalue weighted by molar-refractivity contribution is 7.99. The molecule has 0 radical (unpaired) electrons. The van der Waals surface area contributed by atoms with E-state index in [9.17, 15) is 22.8 Å². The van der Waals surface area contributed by atoms with Gasteiger partial charge in [-0.1, -0.05) is 31.7 Å². The predicted octanol–water partition coefficient (Wildman–Crippen LogP) is 4.06. The summed E-state index contributed by atoms with van der Waals surface area (Å²) in [6, 6.07) is 5.55. The van der Waals surface area contributed by atoms with Crippen LogP contribution in [0.2, 0.25) is 0 Å². The first kappa shape index (κ1) is 19.5. The van der Waals surface area contributed by atoms with Crippen LogP contribution < -0.4 is 10.9 Å². The summed E-state index contributed by atoms with van der Waals surface area (Å²) in [6.07, 6.45) is -4.49. The van der Waals surface area contributed by atoms with Crippen molar-refractivity contribution in [3.63, 3.8) is 0 Å². The molecule has 1 N–H and O–H groups in total. The van der Waals surface area contributed by atoms with Gasteiger partial charge in [0.05, 0.1) is 17.3 Å². The van der Waals surface area contributed by atoms with Crippen molar-refractivity contribution in [3.8, 4) is 0 Å². The summed E-state index contributed by atoms with van der Waals surface area (Å²) in [6.45, 7) is 3.89. The molecule has 1 aliphatic rings. The van der Waals surface area contributed by atoms with Crippen LogP contribution in [0.1, 0.15) is 43.5 Å². The Balaban J connectivity index is 1.73. The second-order valence-corrected chi connectivity index (χ2v) is 7.61. The Morgan fingerprint density at radius 1 is 1.37 bits per heavy atom. The van der Waals surface area contributed by atoms with Gasteiger partial charge in [-0.3, -0.25) is 14.2 Å². The molecule has 27 heavy (non-hydrogen) atoms. The number of hydrogen-bond acceptors (Lipinski definition) is 4. The smallest absolute Gasteiger partial charge is 0.326 e. The van der Waals surface area contributed by atoms with E-state index in [0.29, 0.717) is 16.6 Å². The highest BCUT2D eigenvalue weighted by Gasteiger charge is 2.31. The Morgan fingerprint density at radius 3 is 2.78 bits per heavy atom. The predicted molar refractivity (Wildman–Crippen MR) is 97.0 cm³/mol. The quantitative estimate of drug-likeness (QED) is 0.791. The summed E-state index contributed by atoms with van der Waals surface area (Å²) in [5.41, 5.74) is -0.275. The summed E-state index contributed by atoms with van der Waals surface area (Å²) in [5, 5.41) is 3.05. The molecule has 9 heteroatoms. The molecule has 1 aliphatic heterocycles. The van der Waals surface area contributed by atoms with Crippen molar-refractivity contribution in [1.82, 2.24) is 9.55 Å². The fourth-order valence-corrected chi connectivity index (χ4v) is 3.97. The molecule has 2 heterocycles. The van der Waals surface area contributed by atoms with Crippen LogP contribution in [0.15, 0.2) is 40.3 Å². The number of hydrogen-bond donors (Lipinski definition) is 1. The molecule has 2 aromatic rings. The van der Waals surface area contributed by atoms with Gasteiger partial charge >= 0.3 is 6.18 Å². The van der Waals surface area contributed by atoms with Gasteiger partial charge in [-0.05, 0) is 24.1 Å². The lowest BCUT2D eigenvalue weighted by Gasteiger charge is -2.15. The average Bonchev–Trinajstić information content (AvgIpc) is 2.97. The molecule has 3 rings (SSSR count). The molecule has 0 aliphatic carbocycles. The highest BCUT2D eigenvalue weighted by atomic mass is 32.2. The SMILES string of the molecule is CC(C)c1cc(=O)n2c(n1)SCC2CC(=O)Nc1cccc(C(F)(F)F)c1.